The standard InChI is InChI=1S/C17H20FN3O2/c1-2-11(10-22)19-17(23)16-12-6-5-9-14(12)21(20-16)15-8-4-3-7-13(15)18/h3-4,7-8,11,22H,2,5-6,9-10H2,1H3,(H,19,23). The molecule has 5 nitrogen and oxygen atoms in total. The van der Waals surface area contributed by atoms with E-state index in [9.17, 15) is 14.3 Å². The second-order valence-corrected chi connectivity index (χ2v) is 5.75. The molecular weight excluding hydrogens is 297 g/mol. The van der Waals surface area contributed by atoms with Gasteiger partial charge < -0.3 is 10.4 Å². The first kappa shape index (κ1) is 15.7. The van der Waals surface area contributed by atoms with E-state index in [0.717, 1.165) is 30.5 Å². The quantitative estimate of drug-likeness (QED) is 0.886. The van der Waals surface area contributed by atoms with Crippen molar-refractivity contribution in [1.82, 2.24) is 15.1 Å². The highest BCUT2D eigenvalue weighted by Gasteiger charge is 2.28. The monoisotopic (exact) mass is 317 g/mol. The third-order valence-corrected chi connectivity index (χ3v) is 4.27. The molecule has 0 spiro atoms. The van der Waals surface area contributed by atoms with Gasteiger partial charge in [0.1, 0.15) is 11.5 Å². The molecule has 1 aromatic carbocycles. The SMILES string of the molecule is CCC(CO)NC(=O)c1nn(-c2ccccc2F)c2c1CCC2. The first-order valence-electron chi connectivity index (χ1n) is 7.93. The third kappa shape index (κ3) is 2.86. The number of benzene rings is 1. The van der Waals surface area contributed by atoms with E-state index in [1.54, 1.807) is 22.9 Å². The van der Waals surface area contributed by atoms with Crippen molar-refractivity contribution in [2.24, 2.45) is 0 Å². The number of nitrogens with one attached hydrogen (secondary N) is 1. The second-order valence-electron chi connectivity index (χ2n) is 5.75. The molecule has 0 saturated heterocycles. The van der Waals surface area contributed by atoms with E-state index in [-0.39, 0.29) is 24.4 Å². The van der Waals surface area contributed by atoms with Crippen molar-refractivity contribution in [2.75, 3.05) is 6.61 Å². The van der Waals surface area contributed by atoms with Gasteiger partial charge in [-0.25, -0.2) is 9.07 Å². The van der Waals surface area contributed by atoms with Gasteiger partial charge >= 0.3 is 0 Å². The van der Waals surface area contributed by atoms with Crippen LogP contribution in [0.2, 0.25) is 0 Å². The number of para-hydroxylation sites is 1. The fraction of sp³-hybridized carbons (Fsp3) is 0.412. The summed E-state index contributed by atoms with van der Waals surface area (Å²) in [7, 11) is 0. The number of fused-ring (bicyclic) bond motifs is 1. The maximum Gasteiger partial charge on any atom is 0.272 e. The minimum absolute atomic E-state index is 0.113. The Morgan fingerprint density at radius 1 is 1.43 bits per heavy atom. The van der Waals surface area contributed by atoms with Gasteiger partial charge in [0.2, 0.25) is 0 Å². The minimum atomic E-state index is -0.363. The van der Waals surface area contributed by atoms with Crippen molar-refractivity contribution in [3.8, 4) is 5.69 Å². The molecule has 2 aromatic rings. The molecule has 0 bridgehead atoms. The zero-order valence-electron chi connectivity index (χ0n) is 13.1. The second kappa shape index (κ2) is 6.50. The number of aromatic nitrogens is 2. The minimum Gasteiger partial charge on any atom is -0.394 e. The van der Waals surface area contributed by atoms with Gasteiger partial charge in [-0.3, -0.25) is 4.79 Å². The van der Waals surface area contributed by atoms with Crippen LogP contribution in [0.15, 0.2) is 24.3 Å². The van der Waals surface area contributed by atoms with Crippen molar-refractivity contribution in [3.63, 3.8) is 0 Å². The fourth-order valence-electron chi connectivity index (χ4n) is 2.97. The molecule has 2 N–H and O–H groups in total. The summed E-state index contributed by atoms with van der Waals surface area (Å²) in [4.78, 5) is 12.5. The largest absolute Gasteiger partial charge is 0.394 e. The average Bonchev–Trinajstić information content (AvgIpc) is 3.15. The molecule has 1 atom stereocenters. The Labute approximate surface area is 134 Å². The molecule has 1 aliphatic rings. The number of halogens is 1. The molecule has 23 heavy (non-hydrogen) atoms. The predicted molar refractivity (Wildman–Crippen MR) is 84.2 cm³/mol. The van der Waals surface area contributed by atoms with E-state index in [2.05, 4.69) is 10.4 Å². The van der Waals surface area contributed by atoms with Crippen molar-refractivity contribution in [1.29, 1.82) is 0 Å². The molecule has 122 valence electrons. The summed E-state index contributed by atoms with van der Waals surface area (Å²) in [5, 5.41) is 16.4. The number of carbonyl (C=O) groups is 1. The first-order chi connectivity index (χ1) is 11.2. The molecule has 0 radical (unpaired) electrons. The molecule has 0 fully saturated rings. The fourth-order valence-corrected chi connectivity index (χ4v) is 2.97. The lowest BCUT2D eigenvalue weighted by molar-refractivity contribution is 0.0908. The van der Waals surface area contributed by atoms with Crippen LogP contribution < -0.4 is 5.32 Å². The number of amides is 1. The molecule has 1 amide bonds. The summed E-state index contributed by atoms with van der Waals surface area (Å²) in [6.45, 7) is 1.78. The van der Waals surface area contributed by atoms with Crippen molar-refractivity contribution in [2.45, 2.75) is 38.6 Å². The number of aliphatic hydroxyl groups is 1. The number of hydrogen-bond donors (Lipinski definition) is 2. The first-order valence-corrected chi connectivity index (χ1v) is 7.93. The Hall–Kier alpha value is -2.21. The highest BCUT2D eigenvalue weighted by atomic mass is 19.1. The molecule has 1 aromatic heterocycles. The van der Waals surface area contributed by atoms with E-state index in [1.165, 1.54) is 6.07 Å². The Balaban J connectivity index is 1.99. The van der Waals surface area contributed by atoms with Crippen LogP contribution in [0.1, 0.15) is 41.5 Å². The van der Waals surface area contributed by atoms with Crippen LogP contribution in [-0.4, -0.2) is 33.4 Å². The van der Waals surface area contributed by atoms with Gasteiger partial charge in [0.25, 0.3) is 5.91 Å². The van der Waals surface area contributed by atoms with Crippen LogP contribution >= 0.6 is 0 Å². The van der Waals surface area contributed by atoms with E-state index in [1.807, 2.05) is 6.92 Å². The third-order valence-electron chi connectivity index (χ3n) is 4.27. The Morgan fingerprint density at radius 2 is 2.22 bits per heavy atom. The van der Waals surface area contributed by atoms with Gasteiger partial charge in [-0.05, 0) is 37.8 Å². The van der Waals surface area contributed by atoms with Crippen molar-refractivity contribution >= 4 is 5.91 Å². The lowest BCUT2D eigenvalue weighted by atomic mass is 10.1. The highest BCUT2D eigenvalue weighted by Crippen LogP contribution is 2.28. The number of carbonyl (C=O) groups excluding carboxylic acids is 1. The summed E-state index contributed by atoms with van der Waals surface area (Å²) < 4.78 is 15.6. The van der Waals surface area contributed by atoms with E-state index >= 15 is 0 Å². The van der Waals surface area contributed by atoms with Crippen LogP contribution in [0.5, 0.6) is 0 Å². The number of hydrogen-bond acceptors (Lipinski definition) is 3. The normalized spacial score (nSPS) is 14.6. The average molecular weight is 317 g/mol. The van der Waals surface area contributed by atoms with E-state index < -0.39 is 0 Å². The summed E-state index contributed by atoms with van der Waals surface area (Å²) >= 11 is 0. The predicted octanol–water partition coefficient (Wildman–Crippen LogP) is 2.00. The van der Waals surface area contributed by atoms with Gasteiger partial charge in [0.05, 0.1) is 12.6 Å². The van der Waals surface area contributed by atoms with Crippen LogP contribution in [0.3, 0.4) is 0 Å². The Kier molecular flexibility index (Phi) is 4.43. The molecule has 1 unspecified atom stereocenters. The molecule has 6 heteroatoms. The smallest absolute Gasteiger partial charge is 0.272 e. The van der Waals surface area contributed by atoms with Gasteiger partial charge in [-0.1, -0.05) is 19.1 Å². The zero-order valence-corrected chi connectivity index (χ0v) is 13.1. The maximum absolute atomic E-state index is 14.1. The van der Waals surface area contributed by atoms with Crippen molar-refractivity contribution in [3.05, 3.63) is 47.0 Å². The number of aliphatic hydroxyl groups excluding tert-OH is 1. The molecule has 1 heterocycles. The van der Waals surface area contributed by atoms with E-state index in [0.29, 0.717) is 17.8 Å². The molecular formula is C17H20FN3O2. The van der Waals surface area contributed by atoms with Crippen LogP contribution in [0.25, 0.3) is 5.69 Å². The Bertz CT molecular complexity index is 723. The van der Waals surface area contributed by atoms with Crippen molar-refractivity contribution < 1.29 is 14.3 Å². The zero-order chi connectivity index (χ0) is 16.4. The summed E-state index contributed by atoms with van der Waals surface area (Å²) in [5.41, 5.74) is 2.49. The lowest BCUT2D eigenvalue weighted by Gasteiger charge is -2.13. The van der Waals surface area contributed by atoms with Crippen LogP contribution in [0.4, 0.5) is 4.39 Å². The molecule has 0 saturated carbocycles. The summed E-state index contributed by atoms with van der Waals surface area (Å²) in [5.74, 6) is -0.669. The number of nitrogens with zero attached hydrogens (tertiary/aromatic N) is 2. The number of rotatable bonds is 5. The van der Waals surface area contributed by atoms with Gasteiger partial charge in [0.15, 0.2) is 5.69 Å². The Morgan fingerprint density at radius 3 is 2.91 bits per heavy atom. The molecule has 3 rings (SSSR count). The lowest BCUT2D eigenvalue weighted by Crippen LogP contribution is -2.37. The van der Waals surface area contributed by atoms with Crippen LogP contribution in [0, 0.1) is 5.82 Å². The highest BCUT2D eigenvalue weighted by molar-refractivity contribution is 5.94. The van der Waals surface area contributed by atoms with Gasteiger partial charge in [-0.2, -0.15) is 5.10 Å². The topological polar surface area (TPSA) is 67.2 Å². The summed E-state index contributed by atoms with van der Waals surface area (Å²) in [6.07, 6.45) is 3.11. The summed E-state index contributed by atoms with van der Waals surface area (Å²) in [6, 6.07) is 6.13. The maximum atomic E-state index is 14.1. The molecule has 1 aliphatic carbocycles. The van der Waals surface area contributed by atoms with E-state index in [4.69, 9.17) is 0 Å². The van der Waals surface area contributed by atoms with Crippen LogP contribution in [-0.2, 0) is 12.8 Å². The molecule has 0 aliphatic heterocycles. The van der Waals surface area contributed by atoms with Gasteiger partial charge in [0, 0.05) is 11.3 Å². The van der Waals surface area contributed by atoms with Gasteiger partial charge in [-0.15, -0.1) is 0 Å².